The summed E-state index contributed by atoms with van der Waals surface area (Å²) >= 11 is 0. The highest BCUT2D eigenvalue weighted by atomic mass is 15.1. The van der Waals surface area contributed by atoms with E-state index in [1.807, 2.05) is 24.3 Å². The van der Waals surface area contributed by atoms with Gasteiger partial charge in [-0.15, -0.1) is 0 Å². The molecule has 0 aliphatic carbocycles. The SMILES string of the molecule is c1ccc(N(c2ccccc2)c2ccc3c4ccc(N(c5ccccc5)c5ccccc5)cc4c4nc5ccccc5nc4c3c2)cc1. The molecule has 9 aromatic rings. The predicted molar refractivity (Wildman–Crippen MR) is 201 cm³/mol. The molecule has 4 nitrogen and oxygen atoms in total. The van der Waals surface area contributed by atoms with Crippen LogP contribution in [0.15, 0.2) is 182 Å². The summed E-state index contributed by atoms with van der Waals surface area (Å²) < 4.78 is 0. The summed E-state index contributed by atoms with van der Waals surface area (Å²) in [5, 5.41) is 4.43. The van der Waals surface area contributed by atoms with Gasteiger partial charge in [0, 0.05) is 44.9 Å². The Morgan fingerprint density at radius 3 is 0.917 bits per heavy atom. The van der Waals surface area contributed by atoms with E-state index in [0.29, 0.717) is 0 Å². The molecule has 1 aromatic heterocycles. The molecule has 9 rings (SSSR count). The van der Waals surface area contributed by atoms with Gasteiger partial charge in [-0.05, 0) is 95.7 Å². The van der Waals surface area contributed by atoms with E-state index in [2.05, 4.69) is 168 Å². The zero-order valence-electron chi connectivity index (χ0n) is 26.1. The maximum Gasteiger partial charge on any atom is 0.0980 e. The summed E-state index contributed by atoms with van der Waals surface area (Å²) in [4.78, 5) is 15.2. The largest absolute Gasteiger partial charge is 0.310 e. The monoisotopic (exact) mass is 614 g/mol. The van der Waals surface area contributed by atoms with Gasteiger partial charge >= 0.3 is 0 Å². The van der Waals surface area contributed by atoms with Crippen molar-refractivity contribution in [3.05, 3.63) is 182 Å². The van der Waals surface area contributed by atoms with Crippen LogP contribution in [0.5, 0.6) is 0 Å². The third-order valence-electron chi connectivity index (χ3n) is 8.95. The molecule has 0 unspecified atom stereocenters. The third-order valence-corrected chi connectivity index (χ3v) is 8.95. The Morgan fingerprint density at radius 2 is 0.583 bits per heavy atom. The molecular weight excluding hydrogens is 585 g/mol. The first-order chi connectivity index (χ1) is 23.8. The fourth-order valence-corrected chi connectivity index (χ4v) is 6.78. The van der Waals surface area contributed by atoms with Gasteiger partial charge in [-0.3, -0.25) is 0 Å². The topological polar surface area (TPSA) is 32.3 Å². The van der Waals surface area contributed by atoms with Crippen molar-refractivity contribution in [2.75, 3.05) is 9.80 Å². The van der Waals surface area contributed by atoms with Crippen molar-refractivity contribution in [2.24, 2.45) is 0 Å². The lowest BCUT2D eigenvalue weighted by atomic mass is 9.97. The molecule has 0 aliphatic rings. The first-order valence-corrected chi connectivity index (χ1v) is 16.2. The molecule has 0 N–H and O–H groups in total. The highest BCUT2D eigenvalue weighted by Crippen LogP contribution is 2.42. The van der Waals surface area contributed by atoms with Crippen molar-refractivity contribution < 1.29 is 0 Å². The van der Waals surface area contributed by atoms with E-state index in [9.17, 15) is 0 Å². The van der Waals surface area contributed by atoms with Gasteiger partial charge in [0.15, 0.2) is 0 Å². The molecule has 8 aromatic carbocycles. The maximum atomic E-state index is 5.30. The normalized spacial score (nSPS) is 11.3. The van der Waals surface area contributed by atoms with Crippen LogP contribution < -0.4 is 9.80 Å². The van der Waals surface area contributed by atoms with E-state index in [4.69, 9.17) is 9.97 Å². The van der Waals surface area contributed by atoms with Crippen LogP contribution in [0.3, 0.4) is 0 Å². The second-order valence-electron chi connectivity index (χ2n) is 11.9. The van der Waals surface area contributed by atoms with Gasteiger partial charge in [0.05, 0.1) is 22.1 Å². The van der Waals surface area contributed by atoms with E-state index in [-0.39, 0.29) is 0 Å². The Hall–Kier alpha value is -6.52. The van der Waals surface area contributed by atoms with Crippen LogP contribution in [0.2, 0.25) is 0 Å². The van der Waals surface area contributed by atoms with Crippen molar-refractivity contribution in [2.45, 2.75) is 0 Å². The number of fused-ring (bicyclic) bond motifs is 7. The summed E-state index contributed by atoms with van der Waals surface area (Å²) in [7, 11) is 0. The second kappa shape index (κ2) is 11.7. The average Bonchev–Trinajstić information content (AvgIpc) is 3.16. The number of benzene rings is 8. The molecule has 0 radical (unpaired) electrons. The number of rotatable bonds is 6. The predicted octanol–water partition coefficient (Wildman–Crippen LogP) is 12.0. The Morgan fingerprint density at radius 1 is 0.271 bits per heavy atom. The first kappa shape index (κ1) is 27.8. The Bertz CT molecular complexity index is 2290. The summed E-state index contributed by atoms with van der Waals surface area (Å²) in [5.74, 6) is 0. The van der Waals surface area contributed by atoms with Gasteiger partial charge in [0.25, 0.3) is 0 Å². The lowest BCUT2D eigenvalue weighted by molar-refractivity contribution is 1.29. The summed E-state index contributed by atoms with van der Waals surface area (Å²) in [6.45, 7) is 0. The third kappa shape index (κ3) is 4.79. The van der Waals surface area contributed by atoms with Crippen molar-refractivity contribution in [1.82, 2.24) is 9.97 Å². The Balaban J connectivity index is 1.33. The molecule has 0 amide bonds. The molecule has 0 fully saturated rings. The van der Waals surface area contributed by atoms with Crippen LogP contribution in [-0.4, -0.2) is 9.97 Å². The molecule has 0 atom stereocenters. The number of anilines is 6. The van der Waals surface area contributed by atoms with E-state index in [1.54, 1.807) is 0 Å². The van der Waals surface area contributed by atoms with Crippen molar-refractivity contribution in [3.63, 3.8) is 0 Å². The molecular formula is C44H30N4. The fraction of sp³-hybridized carbons (Fsp3) is 0. The summed E-state index contributed by atoms with van der Waals surface area (Å²) in [6.07, 6.45) is 0. The Labute approximate surface area is 278 Å². The van der Waals surface area contributed by atoms with Gasteiger partial charge in [-0.2, -0.15) is 0 Å². The van der Waals surface area contributed by atoms with Gasteiger partial charge in [0.1, 0.15) is 0 Å². The quantitative estimate of drug-likeness (QED) is 0.138. The maximum absolute atomic E-state index is 5.30. The van der Waals surface area contributed by atoms with Gasteiger partial charge in [-0.25, -0.2) is 9.97 Å². The highest BCUT2D eigenvalue weighted by Gasteiger charge is 2.19. The van der Waals surface area contributed by atoms with Gasteiger partial charge in [-0.1, -0.05) is 97.1 Å². The molecule has 0 bridgehead atoms. The number of aromatic nitrogens is 2. The minimum atomic E-state index is 0.880. The van der Waals surface area contributed by atoms with Crippen molar-refractivity contribution in [1.29, 1.82) is 0 Å². The standard InChI is InChI=1S/C44H30N4/c1-5-15-31(16-6-1)47(32-17-7-2-8-18-32)35-25-27-37-38-28-26-36(48(33-19-9-3-10-20-33)34-21-11-4-12-22-34)30-40(38)44-43(39(37)29-35)45-41-23-13-14-24-42(41)46-44/h1-30H. The fourth-order valence-electron chi connectivity index (χ4n) is 6.78. The van der Waals surface area contributed by atoms with Crippen molar-refractivity contribution in [3.8, 4) is 0 Å². The summed E-state index contributed by atoms with van der Waals surface area (Å²) in [5.41, 5.74) is 10.0. The minimum absolute atomic E-state index is 0.880. The lowest BCUT2D eigenvalue weighted by Gasteiger charge is -2.27. The van der Waals surface area contributed by atoms with E-state index in [1.165, 1.54) is 0 Å². The molecule has 1 heterocycles. The zero-order chi connectivity index (χ0) is 31.9. The van der Waals surface area contributed by atoms with Crippen LogP contribution >= 0.6 is 0 Å². The molecule has 48 heavy (non-hydrogen) atoms. The smallest absolute Gasteiger partial charge is 0.0980 e. The average molecular weight is 615 g/mol. The lowest BCUT2D eigenvalue weighted by Crippen LogP contribution is -2.10. The van der Waals surface area contributed by atoms with Crippen LogP contribution in [0.25, 0.3) is 43.6 Å². The molecule has 0 saturated heterocycles. The number of hydrogen-bond donors (Lipinski definition) is 0. The van der Waals surface area contributed by atoms with Gasteiger partial charge in [0.2, 0.25) is 0 Å². The number of nitrogens with zero attached hydrogens (tertiary/aromatic N) is 4. The molecule has 226 valence electrons. The van der Waals surface area contributed by atoms with Crippen LogP contribution in [0.4, 0.5) is 34.1 Å². The van der Waals surface area contributed by atoms with Gasteiger partial charge < -0.3 is 9.80 Å². The van der Waals surface area contributed by atoms with E-state index in [0.717, 1.165) is 77.7 Å². The molecule has 0 saturated carbocycles. The Kier molecular flexibility index (Phi) is 6.76. The second-order valence-corrected chi connectivity index (χ2v) is 11.9. The zero-order valence-corrected chi connectivity index (χ0v) is 26.1. The highest BCUT2D eigenvalue weighted by molar-refractivity contribution is 6.25. The van der Waals surface area contributed by atoms with E-state index >= 15 is 0 Å². The van der Waals surface area contributed by atoms with Crippen LogP contribution in [0, 0.1) is 0 Å². The first-order valence-electron chi connectivity index (χ1n) is 16.2. The molecule has 0 aliphatic heterocycles. The molecule has 0 spiro atoms. The van der Waals surface area contributed by atoms with Crippen LogP contribution in [0.1, 0.15) is 0 Å². The minimum Gasteiger partial charge on any atom is -0.310 e. The molecule has 4 heteroatoms. The van der Waals surface area contributed by atoms with Crippen LogP contribution in [-0.2, 0) is 0 Å². The van der Waals surface area contributed by atoms with E-state index < -0.39 is 0 Å². The number of hydrogen-bond acceptors (Lipinski definition) is 4. The van der Waals surface area contributed by atoms with Crippen molar-refractivity contribution >= 4 is 77.7 Å². The number of para-hydroxylation sites is 6. The summed E-state index contributed by atoms with van der Waals surface area (Å²) in [6, 6.07) is 63.7.